The molecule has 64 valence electrons. The standard InChI is InChI=1S/C10H14N2/c1-11-10-4-2-3-8-5-6-12-7-9(8)10/h2-4,11-12H,5-7H2,1H3. The van der Waals surface area contributed by atoms with Crippen LogP contribution in [0, 0.1) is 0 Å². The highest BCUT2D eigenvalue weighted by Gasteiger charge is 2.10. The van der Waals surface area contributed by atoms with Crippen molar-refractivity contribution in [3.63, 3.8) is 0 Å². The number of benzene rings is 1. The molecule has 0 atom stereocenters. The van der Waals surface area contributed by atoms with Crippen molar-refractivity contribution >= 4 is 5.69 Å². The minimum absolute atomic E-state index is 1.01. The topological polar surface area (TPSA) is 24.1 Å². The van der Waals surface area contributed by atoms with E-state index in [2.05, 4.69) is 28.8 Å². The van der Waals surface area contributed by atoms with Gasteiger partial charge in [-0.05, 0) is 30.2 Å². The first-order valence-electron chi connectivity index (χ1n) is 4.41. The summed E-state index contributed by atoms with van der Waals surface area (Å²) in [6, 6.07) is 6.47. The summed E-state index contributed by atoms with van der Waals surface area (Å²) < 4.78 is 0. The van der Waals surface area contributed by atoms with Crippen LogP contribution in [-0.2, 0) is 13.0 Å². The second-order valence-electron chi connectivity index (χ2n) is 3.12. The van der Waals surface area contributed by atoms with Crippen molar-refractivity contribution in [3.05, 3.63) is 29.3 Å². The summed E-state index contributed by atoms with van der Waals surface area (Å²) in [5.74, 6) is 0. The number of hydrogen-bond donors (Lipinski definition) is 2. The third kappa shape index (κ3) is 1.18. The Balaban J connectivity index is 2.44. The van der Waals surface area contributed by atoms with Gasteiger partial charge in [0.1, 0.15) is 0 Å². The predicted molar refractivity (Wildman–Crippen MR) is 51.4 cm³/mol. The Kier molecular flexibility index (Phi) is 2.00. The van der Waals surface area contributed by atoms with Crippen LogP contribution in [-0.4, -0.2) is 13.6 Å². The molecule has 0 aromatic heterocycles. The molecule has 0 spiro atoms. The number of anilines is 1. The summed E-state index contributed by atoms with van der Waals surface area (Å²) in [5.41, 5.74) is 4.19. The molecule has 0 radical (unpaired) electrons. The Hall–Kier alpha value is -1.02. The van der Waals surface area contributed by atoms with E-state index < -0.39 is 0 Å². The van der Waals surface area contributed by atoms with Crippen LogP contribution >= 0.6 is 0 Å². The van der Waals surface area contributed by atoms with Crippen LogP contribution in [0.25, 0.3) is 0 Å². The zero-order valence-electron chi connectivity index (χ0n) is 7.35. The van der Waals surface area contributed by atoms with Crippen LogP contribution in [0.15, 0.2) is 18.2 Å². The third-order valence-corrected chi connectivity index (χ3v) is 2.42. The molecule has 0 fully saturated rings. The van der Waals surface area contributed by atoms with Gasteiger partial charge in [0.2, 0.25) is 0 Å². The van der Waals surface area contributed by atoms with Crippen LogP contribution in [0.4, 0.5) is 5.69 Å². The minimum Gasteiger partial charge on any atom is -0.388 e. The lowest BCUT2D eigenvalue weighted by Crippen LogP contribution is -2.24. The number of hydrogen-bond acceptors (Lipinski definition) is 2. The predicted octanol–water partition coefficient (Wildman–Crippen LogP) is 1.37. The van der Waals surface area contributed by atoms with E-state index in [-0.39, 0.29) is 0 Å². The van der Waals surface area contributed by atoms with Crippen molar-refractivity contribution in [1.82, 2.24) is 5.32 Å². The number of nitrogens with one attached hydrogen (secondary N) is 2. The normalized spacial score (nSPS) is 15.4. The van der Waals surface area contributed by atoms with Gasteiger partial charge in [0.25, 0.3) is 0 Å². The van der Waals surface area contributed by atoms with E-state index in [1.807, 2.05) is 7.05 Å². The Morgan fingerprint density at radius 1 is 1.42 bits per heavy atom. The van der Waals surface area contributed by atoms with Crippen molar-refractivity contribution in [1.29, 1.82) is 0 Å². The van der Waals surface area contributed by atoms with Gasteiger partial charge in [-0.3, -0.25) is 0 Å². The average Bonchev–Trinajstić information content (AvgIpc) is 2.17. The lowest BCUT2D eigenvalue weighted by Gasteiger charge is -2.19. The fourth-order valence-corrected chi connectivity index (χ4v) is 1.75. The third-order valence-electron chi connectivity index (χ3n) is 2.42. The highest BCUT2D eigenvalue weighted by Crippen LogP contribution is 2.21. The Bertz CT molecular complexity index is 267. The zero-order valence-corrected chi connectivity index (χ0v) is 7.35. The molecule has 0 saturated carbocycles. The molecule has 0 amide bonds. The molecule has 1 aromatic rings. The Labute approximate surface area is 73.0 Å². The minimum atomic E-state index is 1.01. The van der Waals surface area contributed by atoms with Gasteiger partial charge >= 0.3 is 0 Å². The number of rotatable bonds is 1. The fraction of sp³-hybridized carbons (Fsp3) is 0.400. The lowest BCUT2D eigenvalue weighted by molar-refractivity contribution is 0.645. The quantitative estimate of drug-likeness (QED) is 0.651. The molecule has 1 aliphatic heterocycles. The summed E-state index contributed by atoms with van der Waals surface area (Å²) in [5, 5.41) is 6.59. The molecule has 2 rings (SSSR count). The summed E-state index contributed by atoms with van der Waals surface area (Å²) in [7, 11) is 1.98. The van der Waals surface area contributed by atoms with Gasteiger partial charge in [0, 0.05) is 19.3 Å². The van der Waals surface area contributed by atoms with Crippen molar-refractivity contribution in [2.24, 2.45) is 0 Å². The molecule has 2 heteroatoms. The molecular weight excluding hydrogens is 148 g/mol. The summed E-state index contributed by atoms with van der Waals surface area (Å²) >= 11 is 0. The molecule has 1 aliphatic rings. The highest BCUT2D eigenvalue weighted by molar-refractivity contribution is 5.55. The number of fused-ring (bicyclic) bond motifs is 1. The van der Waals surface area contributed by atoms with Gasteiger partial charge in [-0.25, -0.2) is 0 Å². The Morgan fingerprint density at radius 3 is 3.17 bits per heavy atom. The first-order valence-corrected chi connectivity index (χ1v) is 4.41. The van der Waals surface area contributed by atoms with Crippen LogP contribution in [0.5, 0.6) is 0 Å². The van der Waals surface area contributed by atoms with Gasteiger partial charge in [-0.15, -0.1) is 0 Å². The smallest absolute Gasteiger partial charge is 0.0385 e. The van der Waals surface area contributed by atoms with Crippen LogP contribution in [0.2, 0.25) is 0 Å². The molecule has 0 bridgehead atoms. The summed E-state index contributed by atoms with van der Waals surface area (Å²) in [6.07, 6.45) is 1.16. The lowest BCUT2D eigenvalue weighted by atomic mass is 9.99. The maximum Gasteiger partial charge on any atom is 0.0385 e. The van der Waals surface area contributed by atoms with Crippen molar-refractivity contribution in [3.8, 4) is 0 Å². The van der Waals surface area contributed by atoms with Gasteiger partial charge in [0.15, 0.2) is 0 Å². The van der Waals surface area contributed by atoms with Crippen LogP contribution < -0.4 is 10.6 Å². The molecule has 2 N–H and O–H groups in total. The van der Waals surface area contributed by atoms with Gasteiger partial charge in [0.05, 0.1) is 0 Å². The summed E-state index contributed by atoms with van der Waals surface area (Å²) in [4.78, 5) is 0. The van der Waals surface area contributed by atoms with E-state index in [4.69, 9.17) is 0 Å². The molecule has 1 heterocycles. The zero-order chi connectivity index (χ0) is 8.39. The van der Waals surface area contributed by atoms with E-state index in [0.717, 1.165) is 19.5 Å². The molecule has 0 saturated heterocycles. The second kappa shape index (κ2) is 3.15. The molecule has 0 unspecified atom stereocenters. The largest absolute Gasteiger partial charge is 0.388 e. The van der Waals surface area contributed by atoms with Crippen molar-refractivity contribution in [2.45, 2.75) is 13.0 Å². The molecular formula is C10H14N2. The first-order chi connectivity index (χ1) is 5.92. The van der Waals surface area contributed by atoms with Crippen LogP contribution in [0.3, 0.4) is 0 Å². The van der Waals surface area contributed by atoms with Gasteiger partial charge in [-0.1, -0.05) is 12.1 Å². The average molecular weight is 162 g/mol. The SMILES string of the molecule is CNc1cccc2c1CNCC2. The maximum absolute atomic E-state index is 3.38. The van der Waals surface area contributed by atoms with Crippen molar-refractivity contribution < 1.29 is 0 Å². The van der Waals surface area contributed by atoms with Gasteiger partial charge < -0.3 is 10.6 Å². The monoisotopic (exact) mass is 162 g/mol. The molecule has 0 aliphatic carbocycles. The van der Waals surface area contributed by atoms with E-state index in [9.17, 15) is 0 Å². The van der Waals surface area contributed by atoms with E-state index in [0.29, 0.717) is 0 Å². The fourth-order valence-electron chi connectivity index (χ4n) is 1.75. The molecule has 2 nitrogen and oxygen atoms in total. The second-order valence-corrected chi connectivity index (χ2v) is 3.12. The first kappa shape index (κ1) is 7.62. The van der Waals surface area contributed by atoms with Crippen LogP contribution in [0.1, 0.15) is 11.1 Å². The Morgan fingerprint density at radius 2 is 2.33 bits per heavy atom. The van der Waals surface area contributed by atoms with E-state index >= 15 is 0 Å². The van der Waals surface area contributed by atoms with Crippen molar-refractivity contribution in [2.75, 3.05) is 18.9 Å². The highest BCUT2D eigenvalue weighted by atomic mass is 14.9. The molecule has 1 aromatic carbocycles. The van der Waals surface area contributed by atoms with E-state index in [1.165, 1.54) is 16.8 Å². The van der Waals surface area contributed by atoms with E-state index in [1.54, 1.807) is 0 Å². The maximum atomic E-state index is 3.38. The molecule has 12 heavy (non-hydrogen) atoms. The summed E-state index contributed by atoms with van der Waals surface area (Å²) in [6.45, 7) is 2.12. The van der Waals surface area contributed by atoms with Gasteiger partial charge in [-0.2, -0.15) is 0 Å².